The smallest absolute Gasteiger partial charge is 0.0907 e. The summed E-state index contributed by atoms with van der Waals surface area (Å²) < 4.78 is 5.37. The van der Waals surface area contributed by atoms with Gasteiger partial charge in [-0.05, 0) is 25.8 Å². The maximum absolute atomic E-state index is 5.37. The molecule has 0 bridgehead atoms. The molecule has 88 valence electrons. The highest BCUT2D eigenvalue weighted by Gasteiger charge is 2.45. The van der Waals surface area contributed by atoms with Crippen LogP contribution < -0.4 is 10.6 Å². The first-order valence-corrected chi connectivity index (χ1v) is 6.11. The van der Waals surface area contributed by atoms with Gasteiger partial charge in [0.2, 0.25) is 0 Å². The summed E-state index contributed by atoms with van der Waals surface area (Å²) in [5.74, 6) is 0.728. The van der Waals surface area contributed by atoms with Crippen molar-refractivity contribution in [1.29, 1.82) is 0 Å². The van der Waals surface area contributed by atoms with Crippen LogP contribution in [0.3, 0.4) is 0 Å². The maximum Gasteiger partial charge on any atom is 0.0907 e. The fourth-order valence-corrected chi connectivity index (χ4v) is 2.40. The molecule has 0 saturated carbocycles. The average Bonchev–Trinajstić information content (AvgIpc) is 2.68. The number of hydrogen-bond donors (Lipinski definition) is 2. The number of likely N-dealkylation sites (N-methyl/N-ethyl adjacent to an activating group) is 1. The van der Waals surface area contributed by atoms with Crippen molar-refractivity contribution >= 4 is 0 Å². The Morgan fingerprint density at radius 2 is 2.27 bits per heavy atom. The highest BCUT2D eigenvalue weighted by molar-refractivity contribution is 4.97. The van der Waals surface area contributed by atoms with Gasteiger partial charge in [0.1, 0.15) is 0 Å². The summed E-state index contributed by atoms with van der Waals surface area (Å²) in [5.41, 5.74) is 0. The molecule has 2 fully saturated rings. The van der Waals surface area contributed by atoms with Gasteiger partial charge >= 0.3 is 0 Å². The molecule has 2 aliphatic rings. The molecule has 2 N–H and O–H groups in total. The Morgan fingerprint density at radius 1 is 1.40 bits per heavy atom. The van der Waals surface area contributed by atoms with Gasteiger partial charge in [0.15, 0.2) is 0 Å². The van der Waals surface area contributed by atoms with E-state index in [4.69, 9.17) is 4.74 Å². The van der Waals surface area contributed by atoms with Gasteiger partial charge in [-0.2, -0.15) is 0 Å². The predicted octanol–water partition coefficient (Wildman–Crippen LogP) is 0.210. The molecule has 15 heavy (non-hydrogen) atoms. The summed E-state index contributed by atoms with van der Waals surface area (Å²) in [6, 6.07) is 0. The van der Waals surface area contributed by atoms with Crippen molar-refractivity contribution in [3.8, 4) is 0 Å². The molecule has 4 heteroatoms. The highest BCUT2D eigenvalue weighted by Crippen LogP contribution is 2.23. The van der Waals surface area contributed by atoms with Crippen LogP contribution in [0.2, 0.25) is 0 Å². The van der Waals surface area contributed by atoms with Gasteiger partial charge in [-0.15, -0.1) is 0 Å². The Bertz CT molecular complexity index is 194. The molecule has 0 aromatic rings. The van der Waals surface area contributed by atoms with Crippen LogP contribution in [0.25, 0.3) is 0 Å². The minimum Gasteiger partial charge on any atom is -0.381 e. The van der Waals surface area contributed by atoms with Crippen molar-refractivity contribution in [3.05, 3.63) is 0 Å². The second-order valence-corrected chi connectivity index (χ2v) is 4.55. The van der Waals surface area contributed by atoms with Crippen molar-refractivity contribution in [2.75, 3.05) is 33.4 Å². The fraction of sp³-hybridized carbons (Fsp3) is 1.00. The zero-order valence-electron chi connectivity index (χ0n) is 9.83. The molecule has 2 heterocycles. The van der Waals surface area contributed by atoms with E-state index < -0.39 is 0 Å². The van der Waals surface area contributed by atoms with Crippen molar-refractivity contribution in [2.45, 2.75) is 32.1 Å². The van der Waals surface area contributed by atoms with Gasteiger partial charge in [0.25, 0.3) is 0 Å². The third-order valence-electron chi connectivity index (χ3n) is 3.34. The third-order valence-corrected chi connectivity index (χ3v) is 3.34. The minimum absolute atomic E-state index is 0.548. The molecular formula is C11H23N3O. The first-order valence-electron chi connectivity index (χ1n) is 6.11. The van der Waals surface area contributed by atoms with E-state index in [1.165, 1.54) is 19.4 Å². The van der Waals surface area contributed by atoms with Crippen LogP contribution in [0, 0.1) is 5.92 Å². The zero-order chi connectivity index (χ0) is 10.7. The molecule has 2 aliphatic heterocycles. The molecule has 0 amide bonds. The van der Waals surface area contributed by atoms with Crippen LogP contribution in [0.1, 0.15) is 19.8 Å². The molecule has 2 saturated heterocycles. The van der Waals surface area contributed by atoms with Gasteiger partial charge in [0, 0.05) is 19.7 Å². The van der Waals surface area contributed by atoms with Crippen molar-refractivity contribution in [1.82, 2.24) is 15.5 Å². The van der Waals surface area contributed by atoms with E-state index >= 15 is 0 Å². The average molecular weight is 213 g/mol. The molecule has 4 nitrogen and oxygen atoms in total. The predicted molar refractivity (Wildman–Crippen MR) is 60.6 cm³/mol. The van der Waals surface area contributed by atoms with E-state index in [0.29, 0.717) is 12.3 Å². The Kier molecular flexibility index (Phi) is 3.97. The number of hydrogen-bond acceptors (Lipinski definition) is 4. The molecule has 2 rings (SSSR count). The Labute approximate surface area is 92.4 Å². The van der Waals surface area contributed by atoms with Crippen LogP contribution in [-0.2, 0) is 4.74 Å². The third kappa shape index (κ3) is 2.69. The molecule has 0 spiro atoms. The molecule has 0 radical (unpaired) electrons. The highest BCUT2D eigenvalue weighted by atomic mass is 16.5. The van der Waals surface area contributed by atoms with Crippen molar-refractivity contribution in [3.63, 3.8) is 0 Å². The van der Waals surface area contributed by atoms with Gasteiger partial charge in [-0.1, -0.05) is 6.92 Å². The number of ether oxygens (including phenoxy) is 1. The lowest BCUT2D eigenvalue weighted by Crippen LogP contribution is -2.30. The molecule has 4 unspecified atom stereocenters. The lowest BCUT2D eigenvalue weighted by atomic mass is 10.1. The summed E-state index contributed by atoms with van der Waals surface area (Å²) in [7, 11) is 2.04. The normalized spacial score (nSPS) is 39.6. The topological polar surface area (TPSA) is 36.3 Å². The second kappa shape index (κ2) is 5.25. The Morgan fingerprint density at radius 3 is 2.87 bits per heavy atom. The molecule has 4 atom stereocenters. The second-order valence-electron chi connectivity index (χ2n) is 4.55. The van der Waals surface area contributed by atoms with E-state index in [0.717, 1.165) is 25.7 Å². The quantitative estimate of drug-likeness (QED) is 0.618. The monoisotopic (exact) mass is 213 g/mol. The van der Waals surface area contributed by atoms with Crippen molar-refractivity contribution in [2.24, 2.45) is 5.92 Å². The van der Waals surface area contributed by atoms with E-state index in [1.807, 2.05) is 7.05 Å². The summed E-state index contributed by atoms with van der Waals surface area (Å²) in [6.45, 7) is 6.41. The van der Waals surface area contributed by atoms with Crippen LogP contribution in [-0.4, -0.2) is 50.6 Å². The van der Waals surface area contributed by atoms with Crippen molar-refractivity contribution < 1.29 is 4.74 Å². The number of nitrogens with one attached hydrogen (secondary N) is 2. The molecule has 0 aromatic heterocycles. The van der Waals surface area contributed by atoms with Crippen LogP contribution in [0.5, 0.6) is 0 Å². The molecular weight excluding hydrogens is 190 g/mol. The van der Waals surface area contributed by atoms with E-state index in [-0.39, 0.29) is 0 Å². The van der Waals surface area contributed by atoms with Gasteiger partial charge < -0.3 is 10.1 Å². The van der Waals surface area contributed by atoms with E-state index in [1.54, 1.807) is 0 Å². The maximum atomic E-state index is 5.37. The summed E-state index contributed by atoms with van der Waals surface area (Å²) in [6.07, 6.45) is 3.54. The lowest BCUT2D eigenvalue weighted by molar-refractivity contribution is 0.185. The number of rotatable bonds is 6. The largest absolute Gasteiger partial charge is 0.381 e. The standard InChI is InChI=1S/C11H23N3O/c1-3-5-14-10(12-2)11(14)13-7-9-4-6-15-8-9/h9-13H,3-8H2,1-2H3. The van der Waals surface area contributed by atoms with E-state index in [9.17, 15) is 0 Å². The van der Waals surface area contributed by atoms with Gasteiger partial charge in [-0.25, -0.2) is 0 Å². The van der Waals surface area contributed by atoms with Gasteiger partial charge in [0.05, 0.1) is 18.9 Å². The van der Waals surface area contributed by atoms with Crippen LogP contribution >= 0.6 is 0 Å². The summed E-state index contributed by atoms with van der Waals surface area (Å²) >= 11 is 0. The lowest BCUT2D eigenvalue weighted by Gasteiger charge is -2.08. The Balaban J connectivity index is 1.66. The molecule has 0 aliphatic carbocycles. The van der Waals surface area contributed by atoms with Gasteiger partial charge in [-0.3, -0.25) is 10.2 Å². The van der Waals surface area contributed by atoms with Crippen LogP contribution in [0.15, 0.2) is 0 Å². The fourth-order valence-electron chi connectivity index (χ4n) is 2.40. The Hall–Kier alpha value is -0.160. The van der Waals surface area contributed by atoms with E-state index in [2.05, 4.69) is 22.5 Å². The van der Waals surface area contributed by atoms with Crippen LogP contribution in [0.4, 0.5) is 0 Å². The molecule has 0 aromatic carbocycles. The zero-order valence-corrected chi connectivity index (χ0v) is 9.83. The first-order chi connectivity index (χ1) is 7.36. The summed E-state index contributed by atoms with van der Waals surface area (Å²) in [5, 5.41) is 6.95. The SMILES string of the molecule is CCCN1C(NC)C1NCC1CCOC1. The summed E-state index contributed by atoms with van der Waals surface area (Å²) in [4.78, 5) is 2.47. The number of nitrogens with zero attached hydrogens (tertiary/aromatic N) is 1. The first kappa shape index (κ1) is 11.3. The minimum atomic E-state index is 0.548.